The molecule has 1 unspecified atom stereocenters. The van der Waals surface area contributed by atoms with Crippen molar-refractivity contribution in [3.8, 4) is 0 Å². The first kappa shape index (κ1) is 18.4. The lowest BCUT2D eigenvalue weighted by molar-refractivity contribution is -0.142. The summed E-state index contributed by atoms with van der Waals surface area (Å²) < 4.78 is 41.6. The van der Waals surface area contributed by atoms with E-state index in [9.17, 15) is 23.2 Å². The molecule has 0 spiro atoms. The summed E-state index contributed by atoms with van der Waals surface area (Å²) >= 11 is 0. The van der Waals surface area contributed by atoms with Crippen LogP contribution >= 0.6 is 0 Å². The van der Waals surface area contributed by atoms with Crippen molar-refractivity contribution in [3.05, 3.63) is 47.0 Å². The predicted octanol–water partition coefficient (Wildman–Crippen LogP) is 2.26. The first-order valence-electron chi connectivity index (χ1n) is 7.24. The first-order chi connectivity index (χ1) is 11.7. The molecule has 1 aliphatic rings. The minimum atomic E-state index is -1.83. The Kier molecular flexibility index (Phi) is 5.05. The lowest BCUT2D eigenvalue weighted by Gasteiger charge is -2.23. The van der Waals surface area contributed by atoms with Gasteiger partial charge in [-0.2, -0.15) is 0 Å². The average Bonchev–Trinajstić information content (AvgIpc) is 2.75. The van der Waals surface area contributed by atoms with Gasteiger partial charge in [-0.3, -0.25) is 14.9 Å². The van der Waals surface area contributed by atoms with E-state index in [0.717, 1.165) is 25.1 Å². The van der Waals surface area contributed by atoms with Gasteiger partial charge in [0.15, 0.2) is 17.2 Å². The number of nitrogens with one attached hydrogen (secondary N) is 1. The molecule has 0 aliphatic carbocycles. The van der Waals surface area contributed by atoms with Gasteiger partial charge >= 0.3 is 12.1 Å². The quantitative estimate of drug-likeness (QED) is 0.833. The number of ether oxygens (including phenoxy) is 3. The van der Waals surface area contributed by atoms with Crippen LogP contribution in [0.1, 0.15) is 26.3 Å². The first-order valence-corrected chi connectivity index (χ1v) is 7.24. The Morgan fingerprint density at radius 3 is 2.52 bits per heavy atom. The maximum atomic E-state index is 13.5. The minimum Gasteiger partial charge on any atom is -0.456 e. The molecule has 1 heterocycles. The predicted molar refractivity (Wildman–Crippen MR) is 78.8 cm³/mol. The molecule has 1 aliphatic heterocycles. The van der Waals surface area contributed by atoms with E-state index >= 15 is 0 Å². The topological polar surface area (TPSA) is 90.9 Å². The summed E-state index contributed by atoms with van der Waals surface area (Å²) in [6, 6.07) is 2.76. The number of esters is 1. The molecule has 0 saturated heterocycles. The summed E-state index contributed by atoms with van der Waals surface area (Å²) in [5.41, 5.74) is -1.85. The van der Waals surface area contributed by atoms with Gasteiger partial charge in [0.25, 0.3) is 5.78 Å². The molecule has 25 heavy (non-hydrogen) atoms. The van der Waals surface area contributed by atoms with Gasteiger partial charge in [0.1, 0.15) is 0 Å². The molecule has 2 rings (SSSR count). The molecule has 1 aromatic rings. The molecule has 1 atom stereocenters. The second-order valence-electron chi connectivity index (χ2n) is 5.19. The highest BCUT2D eigenvalue weighted by Gasteiger charge is 2.50. The zero-order chi connectivity index (χ0) is 18.8. The van der Waals surface area contributed by atoms with Crippen molar-refractivity contribution in [1.82, 2.24) is 5.32 Å². The minimum absolute atomic E-state index is 0.0262. The monoisotopic (exact) mass is 355 g/mol. The van der Waals surface area contributed by atoms with Crippen LogP contribution in [0.25, 0.3) is 0 Å². The maximum absolute atomic E-state index is 13.5. The molecular formula is C16H15F2NO6. The van der Waals surface area contributed by atoms with E-state index in [1.807, 2.05) is 0 Å². The number of carbonyl (C=O) groups excluding carboxylic acids is 3. The summed E-state index contributed by atoms with van der Waals surface area (Å²) in [7, 11) is 0. The summed E-state index contributed by atoms with van der Waals surface area (Å²) in [6.45, 7) is 3.93. The highest BCUT2D eigenvalue weighted by molar-refractivity contribution is 6.04. The second-order valence-corrected chi connectivity index (χ2v) is 5.19. The number of hydrogen-bond donors (Lipinski definition) is 1. The largest absolute Gasteiger partial charge is 0.456 e. The van der Waals surface area contributed by atoms with Crippen LogP contribution in [0.5, 0.6) is 0 Å². The van der Waals surface area contributed by atoms with Crippen molar-refractivity contribution in [2.75, 3.05) is 6.61 Å². The van der Waals surface area contributed by atoms with Gasteiger partial charge in [0, 0.05) is 12.5 Å². The highest BCUT2D eigenvalue weighted by atomic mass is 19.2. The molecule has 9 heteroatoms. The Hall–Kier alpha value is -2.97. The van der Waals surface area contributed by atoms with Crippen molar-refractivity contribution in [2.45, 2.75) is 26.4 Å². The Labute approximate surface area is 141 Å². The molecule has 1 aromatic carbocycles. The molecule has 0 radical (unpaired) electrons. The Morgan fingerprint density at radius 1 is 1.28 bits per heavy atom. The van der Waals surface area contributed by atoms with Crippen LogP contribution in [-0.4, -0.2) is 24.5 Å². The number of Topliss-reactive ketones (excluding diaryl/α,β-unsaturated/α-hetero) is 1. The van der Waals surface area contributed by atoms with Gasteiger partial charge in [-0.15, -0.1) is 0 Å². The zero-order valence-corrected chi connectivity index (χ0v) is 13.6. The van der Waals surface area contributed by atoms with Crippen molar-refractivity contribution in [1.29, 1.82) is 0 Å². The third-order valence-electron chi connectivity index (χ3n) is 3.36. The number of halogens is 2. The van der Waals surface area contributed by atoms with Crippen LogP contribution in [-0.2, 0) is 29.4 Å². The molecule has 1 N–H and O–H groups in total. The van der Waals surface area contributed by atoms with Crippen LogP contribution < -0.4 is 5.32 Å². The fourth-order valence-electron chi connectivity index (χ4n) is 2.18. The van der Waals surface area contributed by atoms with E-state index in [2.05, 4.69) is 10.1 Å². The number of ketones is 1. The molecule has 134 valence electrons. The molecule has 0 fully saturated rings. The summed E-state index contributed by atoms with van der Waals surface area (Å²) in [4.78, 5) is 35.4. The van der Waals surface area contributed by atoms with Crippen molar-refractivity contribution in [2.24, 2.45) is 0 Å². The Balaban J connectivity index is 2.41. The van der Waals surface area contributed by atoms with E-state index in [1.165, 1.54) is 6.92 Å². The third-order valence-corrected chi connectivity index (χ3v) is 3.36. The van der Waals surface area contributed by atoms with E-state index in [0.29, 0.717) is 0 Å². The van der Waals surface area contributed by atoms with E-state index < -0.39 is 46.7 Å². The van der Waals surface area contributed by atoms with Gasteiger partial charge in [-0.25, -0.2) is 13.6 Å². The van der Waals surface area contributed by atoms with Gasteiger partial charge in [0.2, 0.25) is 11.6 Å². The average molecular weight is 355 g/mol. The second kappa shape index (κ2) is 6.88. The third kappa shape index (κ3) is 3.59. The van der Waals surface area contributed by atoms with Gasteiger partial charge in [0.05, 0.1) is 6.61 Å². The number of carbonyl (C=O) groups is 3. The Bertz CT molecular complexity index is 776. The number of rotatable bonds is 4. The highest BCUT2D eigenvalue weighted by Crippen LogP contribution is 2.38. The summed E-state index contributed by atoms with van der Waals surface area (Å²) in [5, 5.41) is 2.15. The van der Waals surface area contributed by atoms with Crippen molar-refractivity contribution in [3.63, 3.8) is 0 Å². The smallest absolute Gasteiger partial charge is 0.414 e. The maximum Gasteiger partial charge on any atom is 0.414 e. The summed E-state index contributed by atoms with van der Waals surface area (Å²) in [5.74, 6) is -4.98. The number of amides is 1. The van der Waals surface area contributed by atoms with Crippen LogP contribution in [0.2, 0.25) is 0 Å². The Morgan fingerprint density at radius 2 is 1.96 bits per heavy atom. The van der Waals surface area contributed by atoms with Crippen LogP contribution in [0.3, 0.4) is 0 Å². The summed E-state index contributed by atoms with van der Waals surface area (Å²) in [6.07, 6.45) is -0.940. The fraction of sp³-hybridized carbons (Fsp3) is 0.312. The van der Waals surface area contributed by atoms with Gasteiger partial charge < -0.3 is 14.2 Å². The van der Waals surface area contributed by atoms with Crippen LogP contribution in [0, 0.1) is 11.6 Å². The normalized spacial score (nSPS) is 19.5. The molecule has 1 amide bonds. The van der Waals surface area contributed by atoms with Gasteiger partial charge in [-0.05, 0) is 26.0 Å². The fourth-order valence-corrected chi connectivity index (χ4v) is 2.18. The molecule has 0 bridgehead atoms. The van der Waals surface area contributed by atoms with Crippen molar-refractivity contribution < 1.29 is 37.4 Å². The lowest BCUT2D eigenvalue weighted by atomic mass is 9.91. The molecular weight excluding hydrogens is 340 g/mol. The standard InChI is InChI=1S/C16H15F2NO6/c1-4-23-15(22)19-14-12(24-8(2)20)13(21)16(3,25-14)9-5-6-10(17)11(18)7-9/h5-7H,4H2,1-3H3,(H,19,22). The van der Waals surface area contributed by atoms with Gasteiger partial charge in [-0.1, -0.05) is 6.07 Å². The SMILES string of the molecule is CCOC(=O)NC1=C(OC(C)=O)C(=O)C(C)(c2ccc(F)c(F)c2)O1. The lowest BCUT2D eigenvalue weighted by Crippen LogP contribution is -2.32. The number of benzene rings is 1. The van der Waals surface area contributed by atoms with E-state index in [1.54, 1.807) is 6.92 Å². The molecule has 0 saturated carbocycles. The number of hydrogen-bond acceptors (Lipinski definition) is 6. The number of alkyl carbamates (subject to hydrolysis) is 1. The van der Waals surface area contributed by atoms with E-state index in [-0.39, 0.29) is 12.2 Å². The van der Waals surface area contributed by atoms with E-state index in [4.69, 9.17) is 9.47 Å². The van der Waals surface area contributed by atoms with Crippen LogP contribution in [0.15, 0.2) is 29.8 Å². The van der Waals surface area contributed by atoms with Crippen molar-refractivity contribution >= 4 is 17.8 Å². The molecule has 0 aromatic heterocycles. The van der Waals surface area contributed by atoms with Crippen LogP contribution in [0.4, 0.5) is 13.6 Å². The zero-order valence-electron chi connectivity index (χ0n) is 13.6. The molecule has 7 nitrogen and oxygen atoms in total.